The third kappa shape index (κ3) is 4.10. The topological polar surface area (TPSA) is 37.4 Å². The maximum atomic E-state index is 13.3. The van der Waals surface area contributed by atoms with Gasteiger partial charge in [-0.2, -0.15) is 13.2 Å². The van der Waals surface area contributed by atoms with E-state index in [1.807, 2.05) is 0 Å². The smallest absolute Gasteiger partial charge is 0.383 e. The van der Waals surface area contributed by atoms with Gasteiger partial charge in [0.15, 0.2) is 0 Å². The molecule has 1 aromatic carbocycles. The largest absolute Gasteiger partial charge is 0.418 e. The van der Waals surface area contributed by atoms with Gasteiger partial charge in [0.05, 0.1) is 17.7 Å². The highest BCUT2D eigenvalue weighted by Crippen LogP contribution is 2.38. The molecule has 26 heavy (non-hydrogen) atoms. The number of hydrogen-bond donors (Lipinski definition) is 1. The van der Waals surface area contributed by atoms with Crippen LogP contribution in [0, 0.1) is 5.92 Å². The number of rotatable bonds is 5. The third-order valence-electron chi connectivity index (χ3n) is 4.79. The minimum absolute atomic E-state index is 0.0135. The first-order valence-electron chi connectivity index (χ1n) is 8.82. The SMILES string of the molecule is COCCNC1C[C@H](C)CN(c2ccc(C(F)(F)F)c3ncccc23)C1. The van der Waals surface area contributed by atoms with Crippen LogP contribution in [0.1, 0.15) is 18.9 Å². The number of aromatic nitrogens is 1. The normalized spacial score (nSPS) is 21.3. The van der Waals surface area contributed by atoms with Crippen LogP contribution in [0.2, 0.25) is 0 Å². The lowest BCUT2D eigenvalue weighted by atomic mass is 9.94. The zero-order chi connectivity index (χ0) is 18.7. The molecule has 142 valence electrons. The number of fused-ring (bicyclic) bond motifs is 1. The van der Waals surface area contributed by atoms with E-state index in [-0.39, 0.29) is 11.6 Å². The number of halogens is 3. The number of methoxy groups -OCH3 is 1. The highest BCUT2D eigenvalue weighted by molar-refractivity contribution is 5.94. The number of benzene rings is 1. The standard InChI is InChI=1S/C19H24F3N3O/c1-13-10-14(23-8-9-26-2)12-25(11-13)17-6-5-16(19(20,21)22)18-15(17)4-3-7-24-18/h3-7,13-14,23H,8-12H2,1-2H3/t13-,14?/m0/s1. The van der Waals surface area contributed by atoms with Crippen molar-refractivity contribution in [2.45, 2.75) is 25.6 Å². The van der Waals surface area contributed by atoms with Gasteiger partial charge in [0.2, 0.25) is 0 Å². The molecule has 2 aromatic rings. The molecule has 2 heterocycles. The van der Waals surface area contributed by atoms with Gasteiger partial charge in [0.25, 0.3) is 0 Å². The molecule has 1 aliphatic rings. The second kappa shape index (κ2) is 7.80. The summed E-state index contributed by atoms with van der Waals surface area (Å²) >= 11 is 0. The zero-order valence-corrected chi connectivity index (χ0v) is 15.0. The van der Waals surface area contributed by atoms with Gasteiger partial charge in [0.1, 0.15) is 0 Å². The Kier molecular flexibility index (Phi) is 5.67. The van der Waals surface area contributed by atoms with Crippen molar-refractivity contribution in [1.29, 1.82) is 0 Å². The first kappa shape index (κ1) is 18.9. The number of anilines is 1. The van der Waals surface area contributed by atoms with Crippen molar-refractivity contribution in [3.8, 4) is 0 Å². The van der Waals surface area contributed by atoms with E-state index in [9.17, 15) is 13.2 Å². The Labute approximate surface area is 151 Å². The van der Waals surface area contributed by atoms with Crippen molar-refractivity contribution in [2.75, 3.05) is 38.3 Å². The van der Waals surface area contributed by atoms with Gasteiger partial charge >= 0.3 is 6.18 Å². The van der Waals surface area contributed by atoms with Crippen LogP contribution < -0.4 is 10.2 Å². The molecule has 4 nitrogen and oxygen atoms in total. The molecule has 1 aromatic heterocycles. The molecular weight excluding hydrogens is 343 g/mol. The molecule has 0 bridgehead atoms. The monoisotopic (exact) mass is 367 g/mol. The van der Waals surface area contributed by atoms with Crippen LogP contribution in [-0.2, 0) is 10.9 Å². The van der Waals surface area contributed by atoms with Crippen molar-refractivity contribution >= 4 is 16.6 Å². The van der Waals surface area contributed by atoms with Gasteiger partial charge in [-0.3, -0.25) is 4.98 Å². The summed E-state index contributed by atoms with van der Waals surface area (Å²) < 4.78 is 45.0. The lowest BCUT2D eigenvalue weighted by molar-refractivity contribution is -0.136. The first-order chi connectivity index (χ1) is 12.4. The van der Waals surface area contributed by atoms with Crippen molar-refractivity contribution < 1.29 is 17.9 Å². The van der Waals surface area contributed by atoms with Crippen LogP contribution in [0.25, 0.3) is 10.9 Å². The van der Waals surface area contributed by atoms with Crippen molar-refractivity contribution in [2.24, 2.45) is 5.92 Å². The quantitative estimate of drug-likeness (QED) is 0.818. The summed E-state index contributed by atoms with van der Waals surface area (Å²) in [7, 11) is 1.67. The average Bonchev–Trinajstić information content (AvgIpc) is 2.59. The Morgan fingerprint density at radius 2 is 2.08 bits per heavy atom. The summed E-state index contributed by atoms with van der Waals surface area (Å²) in [6, 6.07) is 6.42. The predicted octanol–water partition coefficient (Wildman–Crippen LogP) is 3.70. The van der Waals surface area contributed by atoms with Gasteiger partial charge in [0, 0.05) is 50.1 Å². The van der Waals surface area contributed by atoms with Gasteiger partial charge in [-0.15, -0.1) is 0 Å². The number of nitrogens with one attached hydrogen (secondary N) is 1. The Hall–Kier alpha value is -1.86. The molecule has 0 spiro atoms. The van der Waals surface area contributed by atoms with Crippen LogP contribution in [0.3, 0.4) is 0 Å². The Morgan fingerprint density at radius 3 is 2.81 bits per heavy atom. The fraction of sp³-hybridized carbons (Fsp3) is 0.526. The van der Waals surface area contributed by atoms with Gasteiger partial charge in [-0.25, -0.2) is 0 Å². The summed E-state index contributed by atoms with van der Waals surface area (Å²) in [5.41, 5.74) is 0.141. The number of piperidine rings is 1. The minimum atomic E-state index is -4.41. The van der Waals surface area contributed by atoms with Gasteiger partial charge in [-0.1, -0.05) is 6.92 Å². The van der Waals surface area contributed by atoms with E-state index in [1.54, 1.807) is 25.3 Å². The first-order valence-corrected chi connectivity index (χ1v) is 8.82. The molecule has 1 N–H and O–H groups in total. The summed E-state index contributed by atoms with van der Waals surface area (Å²) in [5.74, 6) is 0.442. The van der Waals surface area contributed by atoms with E-state index in [0.717, 1.165) is 37.8 Å². The molecule has 0 radical (unpaired) electrons. The van der Waals surface area contributed by atoms with Crippen LogP contribution in [0.4, 0.5) is 18.9 Å². The Morgan fingerprint density at radius 1 is 1.27 bits per heavy atom. The fourth-order valence-corrected chi connectivity index (χ4v) is 3.72. The van der Waals surface area contributed by atoms with Gasteiger partial charge < -0.3 is 15.0 Å². The van der Waals surface area contributed by atoms with Crippen LogP contribution >= 0.6 is 0 Å². The molecule has 1 unspecified atom stereocenters. The summed E-state index contributed by atoms with van der Waals surface area (Å²) in [6.07, 6.45) is -1.96. The molecule has 1 fully saturated rings. The molecule has 0 saturated carbocycles. The molecule has 2 atom stereocenters. The van der Waals surface area contributed by atoms with Crippen LogP contribution in [-0.4, -0.2) is 44.4 Å². The molecule has 3 rings (SSSR count). The van der Waals surface area contributed by atoms with E-state index in [1.165, 1.54) is 6.20 Å². The summed E-state index contributed by atoms with van der Waals surface area (Å²) in [4.78, 5) is 6.19. The van der Waals surface area contributed by atoms with E-state index >= 15 is 0 Å². The summed E-state index contributed by atoms with van der Waals surface area (Å²) in [6.45, 7) is 5.14. The number of alkyl halides is 3. The van der Waals surface area contributed by atoms with E-state index < -0.39 is 11.7 Å². The Bertz CT molecular complexity index is 750. The maximum Gasteiger partial charge on any atom is 0.418 e. The van der Waals surface area contributed by atoms with Crippen LogP contribution in [0.5, 0.6) is 0 Å². The predicted molar refractivity (Wildman–Crippen MR) is 96.4 cm³/mol. The lowest BCUT2D eigenvalue weighted by Gasteiger charge is -2.39. The highest BCUT2D eigenvalue weighted by Gasteiger charge is 2.34. The molecule has 0 aliphatic carbocycles. The van der Waals surface area contributed by atoms with Crippen molar-refractivity contribution in [3.63, 3.8) is 0 Å². The fourth-order valence-electron chi connectivity index (χ4n) is 3.72. The van der Waals surface area contributed by atoms with E-state index in [4.69, 9.17) is 4.74 Å². The van der Waals surface area contributed by atoms with E-state index in [0.29, 0.717) is 17.9 Å². The molecule has 7 heteroatoms. The number of nitrogens with zero attached hydrogens (tertiary/aromatic N) is 2. The highest BCUT2D eigenvalue weighted by atomic mass is 19.4. The van der Waals surface area contributed by atoms with Crippen molar-refractivity contribution in [3.05, 3.63) is 36.0 Å². The number of hydrogen-bond acceptors (Lipinski definition) is 4. The van der Waals surface area contributed by atoms with Gasteiger partial charge in [-0.05, 0) is 36.6 Å². The van der Waals surface area contributed by atoms with Crippen LogP contribution in [0.15, 0.2) is 30.5 Å². The Balaban J connectivity index is 1.92. The maximum absolute atomic E-state index is 13.3. The molecule has 1 aliphatic heterocycles. The second-order valence-electron chi connectivity index (χ2n) is 6.92. The number of pyridine rings is 1. The lowest BCUT2D eigenvalue weighted by Crippen LogP contribution is -2.49. The molecule has 1 saturated heterocycles. The molecule has 0 amide bonds. The molecular formula is C19H24F3N3O. The average molecular weight is 367 g/mol. The third-order valence-corrected chi connectivity index (χ3v) is 4.79. The van der Waals surface area contributed by atoms with E-state index in [2.05, 4.69) is 22.1 Å². The summed E-state index contributed by atoms with van der Waals surface area (Å²) in [5, 5.41) is 4.02. The second-order valence-corrected chi connectivity index (χ2v) is 6.92. The minimum Gasteiger partial charge on any atom is -0.383 e. The van der Waals surface area contributed by atoms with Crippen molar-refractivity contribution in [1.82, 2.24) is 10.3 Å². The zero-order valence-electron chi connectivity index (χ0n) is 15.0. The number of ether oxygens (including phenoxy) is 1.